The molecular formula is C18H21ClLiN5O2. The van der Waals surface area contributed by atoms with Crippen molar-refractivity contribution in [1.82, 2.24) is 15.0 Å². The van der Waals surface area contributed by atoms with Crippen molar-refractivity contribution in [1.29, 1.82) is 0 Å². The number of carboxylic acids is 1. The molecule has 1 aliphatic heterocycles. The first-order chi connectivity index (χ1) is 12.3. The number of carboxylic acid groups (broad SMARTS) is 1. The number of nitrogens with two attached hydrogens (primary N) is 1. The second-order valence-corrected chi connectivity index (χ2v) is 6.97. The molecule has 7 nitrogen and oxygen atoms in total. The van der Waals surface area contributed by atoms with Crippen LogP contribution in [0.4, 0.5) is 11.8 Å². The van der Waals surface area contributed by atoms with Gasteiger partial charge in [-0.15, -0.1) is 0 Å². The molecule has 0 radical (unpaired) electrons. The first-order valence-corrected chi connectivity index (χ1v) is 8.91. The van der Waals surface area contributed by atoms with E-state index in [0.717, 1.165) is 17.7 Å². The second kappa shape index (κ2) is 8.47. The minimum absolute atomic E-state index is 0. The number of fused-ring (bicyclic) bond motifs is 1. The molecule has 2 N–H and O–H groups in total. The first-order valence-electron chi connectivity index (χ1n) is 8.53. The average Bonchev–Trinajstić information content (AvgIpc) is 2.87. The Morgan fingerprint density at radius 3 is 2.74 bits per heavy atom. The Bertz CT molecular complexity index is 877. The molecule has 2 aromatic heterocycles. The van der Waals surface area contributed by atoms with Crippen molar-refractivity contribution in [3.05, 3.63) is 39.3 Å². The number of aliphatic carboxylic acids is 1. The van der Waals surface area contributed by atoms with Crippen LogP contribution in [0.1, 0.15) is 47.2 Å². The van der Waals surface area contributed by atoms with Crippen LogP contribution >= 0.6 is 11.6 Å². The Balaban J connectivity index is 0.00000261. The Hall–Kier alpha value is -1.81. The monoisotopic (exact) mass is 381 g/mol. The Kier molecular flexibility index (Phi) is 6.74. The number of nitrogens with zero attached hydrogens (tertiary/aromatic N) is 4. The molecule has 0 saturated carbocycles. The van der Waals surface area contributed by atoms with E-state index in [1.807, 2.05) is 11.1 Å². The van der Waals surface area contributed by atoms with Crippen LogP contribution in [0, 0.1) is 13.8 Å². The van der Waals surface area contributed by atoms with Crippen molar-refractivity contribution in [3.63, 3.8) is 0 Å². The first kappa shape index (κ1) is 21.5. The second-order valence-electron chi connectivity index (χ2n) is 6.61. The van der Waals surface area contributed by atoms with Crippen molar-refractivity contribution in [3.8, 4) is 0 Å². The van der Waals surface area contributed by atoms with E-state index < -0.39 is 5.97 Å². The minimum Gasteiger partial charge on any atom is -0.550 e. The van der Waals surface area contributed by atoms with Gasteiger partial charge in [0.1, 0.15) is 11.0 Å². The molecule has 0 amide bonds. The van der Waals surface area contributed by atoms with Gasteiger partial charge < -0.3 is 20.5 Å². The predicted molar refractivity (Wildman–Crippen MR) is 98.0 cm³/mol. The largest absolute Gasteiger partial charge is 1.00 e. The van der Waals surface area contributed by atoms with Gasteiger partial charge in [0.25, 0.3) is 0 Å². The van der Waals surface area contributed by atoms with Crippen LogP contribution < -0.4 is 34.6 Å². The van der Waals surface area contributed by atoms with Gasteiger partial charge in [0, 0.05) is 30.2 Å². The summed E-state index contributed by atoms with van der Waals surface area (Å²) in [6, 6.07) is 0. The van der Waals surface area contributed by atoms with Crippen molar-refractivity contribution in [2.75, 3.05) is 17.2 Å². The van der Waals surface area contributed by atoms with Crippen molar-refractivity contribution >= 4 is 29.3 Å². The third-order valence-electron chi connectivity index (χ3n) is 4.93. The van der Waals surface area contributed by atoms with E-state index >= 15 is 0 Å². The van der Waals surface area contributed by atoms with Crippen LogP contribution in [0.25, 0.3) is 0 Å². The smallest absolute Gasteiger partial charge is 0.550 e. The number of hydrogen-bond donors (Lipinski definition) is 1. The number of aromatic nitrogens is 3. The topological polar surface area (TPSA) is 108 Å². The number of carbonyl (C=O) groups excluding carboxylic acids is 1. The average molecular weight is 382 g/mol. The fraction of sp³-hybridized carbons (Fsp3) is 0.444. The summed E-state index contributed by atoms with van der Waals surface area (Å²) in [5.74, 6) is -0.822. The maximum Gasteiger partial charge on any atom is 1.00 e. The minimum atomic E-state index is -1.13. The maximum atomic E-state index is 11.1. The number of halogens is 1. The van der Waals surface area contributed by atoms with Gasteiger partial charge in [-0.3, -0.25) is 4.98 Å². The van der Waals surface area contributed by atoms with E-state index in [4.69, 9.17) is 17.3 Å². The predicted octanol–water partition coefficient (Wildman–Crippen LogP) is -1.47. The van der Waals surface area contributed by atoms with Crippen molar-refractivity contribution in [2.45, 2.75) is 46.1 Å². The number of rotatable bonds is 5. The number of carbonyl (C=O) groups is 1. The molecule has 2 aromatic rings. The van der Waals surface area contributed by atoms with Gasteiger partial charge in [-0.1, -0.05) is 18.5 Å². The molecule has 138 valence electrons. The summed E-state index contributed by atoms with van der Waals surface area (Å²) in [6.07, 6.45) is 2.66. The molecular weight excluding hydrogens is 361 g/mol. The summed E-state index contributed by atoms with van der Waals surface area (Å²) >= 11 is 6.23. The molecule has 1 aliphatic rings. The SMILES string of the molecule is CCc1c(C)cnc(CN2C[C@H](CC(=O)[O-])c3c(Cl)nc(N)nc32)c1C.[Li+]. The molecule has 0 spiro atoms. The van der Waals surface area contributed by atoms with E-state index in [0.29, 0.717) is 24.5 Å². The fourth-order valence-corrected chi connectivity index (χ4v) is 4.02. The molecule has 9 heteroatoms. The molecule has 0 aromatic carbocycles. The summed E-state index contributed by atoms with van der Waals surface area (Å²) in [5.41, 5.74) is 10.9. The van der Waals surface area contributed by atoms with Gasteiger partial charge in [0.15, 0.2) is 0 Å². The quantitative estimate of drug-likeness (QED) is 0.498. The molecule has 3 rings (SSSR count). The summed E-state index contributed by atoms with van der Waals surface area (Å²) in [6.45, 7) is 7.19. The number of pyridine rings is 1. The summed E-state index contributed by atoms with van der Waals surface area (Å²) in [5, 5.41) is 11.3. The van der Waals surface area contributed by atoms with E-state index in [-0.39, 0.29) is 42.3 Å². The van der Waals surface area contributed by atoms with Crippen LogP contribution in [-0.2, 0) is 17.8 Å². The standard InChI is InChI=1S/C18H22ClN5O2.Li/c1-4-12-9(2)6-21-13(10(12)3)8-24-7-11(5-14(25)26)15-16(19)22-18(20)23-17(15)24;/h6,11H,4-5,7-8H2,1-3H3,(H,25,26)(H2,20,22,23);/q;+1/p-1/t11-;/m0./s1. The van der Waals surface area contributed by atoms with Crippen molar-refractivity contribution in [2.24, 2.45) is 0 Å². The summed E-state index contributed by atoms with van der Waals surface area (Å²) in [7, 11) is 0. The number of anilines is 2. The number of hydrogen-bond acceptors (Lipinski definition) is 7. The van der Waals surface area contributed by atoms with Gasteiger partial charge in [-0.05, 0) is 43.4 Å². The molecule has 0 aliphatic carbocycles. The third kappa shape index (κ3) is 4.21. The third-order valence-corrected chi connectivity index (χ3v) is 5.22. The molecule has 3 heterocycles. The molecule has 0 fully saturated rings. The van der Waals surface area contributed by atoms with Crippen LogP contribution in [0.15, 0.2) is 6.20 Å². The maximum absolute atomic E-state index is 11.1. The van der Waals surface area contributed by atoms with Crippen LogP contribution in [0.5, 0.6) is 0 Å². The Labute approximate surface area is 175 Å². The Morgan fingerprint density at radius 2 is 2.11 bits per heavy atom. The zero-order chi connectivity index (χ0) is 19.0. The number of aryl methyl sites for hydroxylation is 1. The van der Waals surface area contributed by atoms with E-state index in [9.17, 15) is 9.90 Å². The molecule has 1 atom stereocenters. The summed E-state index contributed by atoms with van der Waals surface area (Å²) in [4.78, 5) is 26.0. The zero-order valence-corrected chi connectivity index (χ0v) is 16.8. The van der Waals surface area contributed by atoms with E-state index in [1.165, 1.54) is 11.1 Å². The normalized spacial score (nSPS) is 15.4. The fourth-order valence-electron chi connectivity index (χ4n) is 3.69. The number of nitrogen functional groups attached to an aromatic ring is 1. The Morgan fingerprint density at radius 1 is 1.41 bits per heavy atom. The van der Waals surface area contributed by atoms with Gasteiger partial charge in [0.05, 0.1) is 12.2 Å². The summed E-state index contributed by atoms with van der Waals surface area (Å²) < 4.78 is 0. The van der Waals surface area contributed by atoms with Gasteiger partial charge in [0.2, 0.25) is 5.95 Å². The van der Waals surface area contributed by atoms with Crippen LogP contribution in [0.3, 0.4) is 0 Å². The van der Waals surface area contributed by atoms with Crippen LogP contribution in [-0.4, -0.2) is 27.5 Å². The van der Waals surface area contributed by atoms with Gasteiger partial charge in [-0.25, -0.2) is 4.98 Å². The van der Waals surface area contributed by atoms with Gasteiger partial charge in [-0.2, -0.15) is 4.98 Å². The molecule has 0 bridgehead atoms. The van der Waals surface area contributed by atoms with Crippen molar-refractivity contribution < 1.29 is 28.8 Å². The zero-order valence-electron chi connectivity index (χ0n) is 16.0. The molecule has 27 heavy (non-hydrogen) atoms. The van der Waals surface area contributed by atoms with Gasteiger partial charge >= 0.3 is 18.9 Å². The van der Waals surface area contributed by atoms with E-state index in [2.05, 4.69) is 35.7 Å². The van der Waals surface area contributed by atoms with Crippen LogP contribution in [0.2, 0.25) is 5.15 Å². The van der Waals surface area contributed by atoms with E-state index in [1.54, 1.807) is 0 Å². The molecule has 0 unspecified atom stereocenters. The molecule has 0 saturated heterocycles.